The number of aliphatic imine (C=N–C) groups is 1. The minimum atomic E-state index is 0. The summed E-state index contributed by atoms with van der Waals surface area (Å²) in [5.74, 6) is 1.89. The van der Waals surface area contributed by atoms with Crippen molar-refractivity contribution in [2.24, 2.45) is 4.99 Å². The first kappa shape index (κ1) is 21.2. The van der Waals surface area contributed by atoms with Crippen molar-refractivity contribution in [1.29, 1.82) is 0 Å². The van der Waals surface area contributed by atoms with E-state index in [0.29, 0.717) is 12.5 Å². The number of benzene rings is 2. The molecule has 1 atom stereocenters. The van der Waals surface area contributed by atoms with E-state index >= 15 is 0 Å². The molecule has 0 bridgehead atoms. The number of hydrogen-bond acceptors (Lipinski definition) is 3. The highest BCUT2D eigenvalue weighted by Gasteiger charge is 2.11. The molecule has 0 saturated carbocycles. The molecule has 1 unspecified atom stereocenters. The number of nitrogens with one attached hydrogen (secondary N) is 2. The van der Waals surface area contributed by atoms with Gasteiger partial charge in [0.2, 0.25) is 0 Å². The number of rotatable bonds is 5. The first-order valence-corrected chi connectivity index (χ1v) is 8.98. The zero-order chi connectivity index (χ0) is 18.5. The van der Waals surface area contributed by atoms with E-state index in [-0.39, 0.29) is 30.0 Å². The highest BCUT2D eigenvalue weighted by molar-refractivity contribution is 14.0. The Hall–Kier alpha value is -2.09. The van der Waals surface area contributed by atoms with Crippen LogP contribution in [0.4, 0.5) is 0 Å². The summed E-state index contributed by atoms with van der Waals surface area (Å²) in [6.07, 6.45) is 0. The van der Waals surface area contributed by atoms with E-state index in [1.165, 1.54) is 16.3 Å². The van der Waals surface area contributed by atoms with E-state index in [4.69, 9.17) is 4.52 Å². The Labute approximate surface area is 177 Å². The lowest BCUT2D eigenvalue weighted by Gasteiger charge is -2.18. The van der Waals surface area contributed by atoms with Crippen LogP contribution in [0.3, 0.4) is 0 Å². The normalized spacial score (nSPS) is 12.7. The number of fused-ring (bicyclic) bond motifs is 1. The van der Waals surface area contributed by atoms with Gasteiger partial charge < -0.3 is 15.2 Å². The van der Waals surface area contributed by atoms with Crippen LogP contribution in [0.15, 0.2) is 58.0 Å². The summed E-state index contributed by atoms with van der Waals surface area (Å²) in [5, 5.41) is 13.3. The quantitative estimate of drug-likeness (QED) is 0.308. The van der Waals surface area contributed by atoms with E-state index in [2.05, 4.69) is 84.0 Å². The van der Waals surface area contributed by atoms with Crippen LogP contribution in [-0.4, -0.2) is 18.2 Å². The molecule has 3 aromatic rings. The molecular weight excluding hydrogens is 451 g/mol. The minimum absolute atomic E-state index is 0. The molecule has 5 nitrogen and oxygen atoms in total. The summed E-state index contributed by atoms with van der Waals surface area (Å²) in [6.45, 7) is 6.87. The Morgan fingerprint density at radius 3 is 2.48 bits per heavy atom. The van der Waals surface area contributed by atoms with Crippen molar-refractivity contribution < 1.29 is 4.52 Å². The van der Waals surface area contributed by atoms with Crippen molar-refractivity contribution in [3.05, 3.63) is 65.5 Å². The Balaban J connectivity index is 0.00000261. The van der Waals surface area contributed by atoms with Crippen LogP contribution in [0, 0.1) is 0 Å². The topological polar surface area (TPSA) is 62.5 Å². The summed E-state index contributed by atoms with van der Waals surface area (Å²) in [4.78, 5) is 4.31. The molecule has 0 saturated heterocycles. The molecule has 0 spiro atoms. The van der Waals surface area contributed by atoms with E-state index in [1.54, 1.807) is 7.05 Å². The van der Waals surface area contributed by atoms with Gasteiger partial charge in [0.25, 0.3) is 0 Å². The van der Waals surface area contributed by atoms with Gasteiger partial charge in [0.1, 0.15) is 0 Å². The zero-order valence-corrected chi connectivity index (χ0v) is 18.5. The fourth-order valence-electron chi connectivity index (χ4n) is 2.82. The average molecular weight is 478 g/mol. The van der Waals surface area contributed by atoms with Crippen LogP contribution in [0.25, 0.3) is 10.8 Å². The van der Waals surface area contributed by atoms with Crippen molar-refractivity contribution in [2.75, 3.05) is 7.05 Å². The van der Waals surface area contributed by atoms with Gasteiger partial charge in [-0.3, -0.25) is 4.99 Å². The van der Waals surface area contributed by atoms with Crippen molar-refractivity contribution >= 4 is 40.7 Å². The number of halogens is 1. The summed E-state index contributed by atoms with van der Waals surface area (Å²) in [6, 6.07) is 17.0. The van der Waals surface area contributed by atoms with Gasteiger partial charge in [0.05, 0.1) is 18.3 Å². The largest absolute Gasteiger partial charge is 0.359 e. The third kappa shape index (κ3) is 5.45. The molecule has 0 amide bonds. The van der Waals surface area contributed by atoms with Gasteiger partial charge in [-0.25, -0.2) is 0 Å². The van der Waals surface area contributed by atoms with Gasteiger partial charge in [-0.1, -0.05) is 55.4 Å². The molecule has 3 rings (SSSR count). The second-order valence-corrected chi connectivity index (χ2v) is 6.77. The van der Waals surface area contributed by atoms with Crippen molar-refractivity contribution in [3.63, 3.8) is 0 Å². The first-order valence-electron chi connectivity index (χ1n) is 8.98. The Kier molecular flexibility index (Phi) is 7.65. The fourth-order valence-corrected chi connectivity index (χ4v) is 2.82. The van der Waals surface area contributed by atoms with Gasteiger partial charge in [-0.2, -0.15) is 0 Å². The molecule has 0 aliphatic carbocycles. The average Bonchev–Trinajstić information content (AvgIpc) is 3.14. The van der Waals surface area contributed by atoms with E-state index in [0.717, 1.165) is 17.4 Å². The molecular formula is C21H27IN4O. The van der Waals surface area contributed by atoms with Crippen molar-refractivity contribution in [1.82, 2.24) is 15.8 Å². The van der Waals surface area contributed by atoms with Gasteiger partial charge in [0, 0.05) is 13.1 Å². The van der Waals surface area contributed by atoms with Crippen molar-refractivity contribution in [2.45, 2.75) is 39.3 Å². The third-order valence-corrected chi connectivity index (χ3v) is 4.45. The van der Waals surface area contributed by atoms with E-state index in [1.807, 2.05) is 6.07 Å². The summed E-state index contributed by atoms with van der Waals surface area (Å²) >= 11 is 0. The predicted octanol–water partition coefficient (Wildman–Crippen LogP) is 5.00. The van der Waals surface area contributed by atoms with Gasteiger partial charge >= 0.3 is 0 Å². The number of hydrogen-bond donors (Lipinski definition) is 2. The summed E-state index contributed by atoms with van der Waals surface area (Å²) < 4.78 is 5.36. The molecule has 0 aliphatic heterocycles. The lowest BCUT2D eigenvalue weighted by Crippen LogP contribution is -2.38. The molecule has 2 N–H and O–H groups in total. The smallest absolute Gasteiger partial charge is 0.191 e. The van der Waals surface area contributed by atoms with Gasteiger partial charge in [-0.15, -0.1) is 24.0 Å². The first-order chi connectivity index (χ1) is 12.6. The van der Waals surface area contributed by atoms with Crippen LogP contribution in [-0.2, 0) is 6.54 Å². The molecule has 1 heterocycles. The molecule has 2 aromatic carbocycles. The fraction of sp³-hybridized carbons (Fsp3) is 0.333. The monoisotopic (exact) mass is 478 g/mol. The Morgan fingerprint density at radius 1 is 1.07 bits per heavy atom. The molecule has 1 aromatic heterocycles. The van der Waals surface area contributed by atoms with Crippen LogP contribution >= 0.6 is 24.0 Å². The van der Waals surface area contributed by atoms with E-state index < -0.39 is 0 Å². The standard InChI is InChI=1S/C21H26N4O.HI/c1-14(2)20-12-19(26-25-20)13-23-21(22-4)24-15(3)17-10-9-16-7-5-6-8-18(16)11-17;/h5-12,14-15H,13H2,1-4H3,(H2,22,23,24);1H. The maximum absolute atomic E-state index is 5.36. The van der Waals surface area contributed by atoms with Crippen LogP contribution < -0.4 is 10.6 Å². The maximum atomic E-state index is 5.36. The SMILES string of the molecule is CN=C(NCc1cc(C(C)C)no1)NC(C)c1ccc2ccccc2c1.I. The Morgan fingerprint density at radius 2 is 1.81 bits per heavy atom. The number of aromatic nitrogens is 1. The lowest BCUT2D eigenvalue weighted by molar-refractivity contribution is 0.371. The van der Waals surface area contributed by atoms with Crippen LogP contribution in [0.5, 0.6) is 0 Å². The molecule has 0 radical (unpaired) electrons. The lowest BCUT2D eigenvalue weighted by atomic mass is 10.0. The second kappa shape index (κ2) is 9.73. The van der Waals surface area contributed by atoms with Gasteiger partial charge in [-0.05, 0) is 35.2 Å². The molecule has 6 heteroatoms. The van der Waals surface area contributed by atoms with Gasteiger partial charge in [0.15, 0.2) is 11.7 Å². The van der Waals surface area contributed by atoms with E-state index in [9.17, 15) is 0 Å². The molecule has 0 aliphatic rings. The molecule has 0 fully saturated rings. The number of guanidine groups is 1. The third-order valence-electron chi connectivity index (χ3n) is 4.45. The summed E-state index contributed by atoms with van der Waals surface area (Å²) in [7, 11) is 1.77. The highest BCUT2D eigenvalue weighted by atomic mass is 127. The minimum Gasteiger partial charge on any atom is -0.359 e. The molecule has 27 heavy (non-hydrogen) atoms. The number of nitrogens with zero attached hydrogens (tertiary/aromatic N) is 2. The highest BCUT2D eigenvalue weighted by Crippen LogP contribution is 2.20. The van der Waals surface area contributed by atoms with Crippen molar-refractivity contribution in [3.8, 4) is 0 Å². The second-order valence-electron chi connectivity index (χ2n) is 6.77. The predicted molar refractivity (Wildman–Crippen MR) is 122 cm³/mol. The summed E-state index contributed by atoms with van der Waals surface area (Å²) in [5.41, 5.74) is 2.18. The Bertz CT molecular complexity index is 904. The maximum Gasteiger partial charge on any atom is 0.191 e. The van der Waals surface area contributed by atoms with Crippen LogP contribution in [0.2, 0.25) is 0 Å². The molecule has 144 valence electrons. The zero-order valence-electron chi connectivity index (χ0n) is 16.2. The van der Waals surface area contributed by atoms with Crippen LogP contribution in [0.1, 0.15) is 49.7 Å².